The molecule has 1 heterocycles. The second-order valence-corrected chi connectivity index (χ2v) is 4.27. The van der Waals surface area contributed by atoms with Crippen LogP contribution in [0.2, 0.25) is 0 Å². The lowest BCUT2D eigenvalue weighted by atomic mass is 10.1. The van der Waals surface area contributed by atoms with Gasteiger partial charge in [-0.3, -0.25) is 14.4 Å². The van der Waals surface area contributed by atoms with Crippen LogP contribution in [0.3, 0.4) is 0 Å². The van der Waals surface area contributed by atoms with E-state index in [2.05, 4.69) is 5.32 Å². The van der Waals surface area contributed by atoms with Crippen molar-refractivity contribution in [2.45, 2.75) is 26.7 Å². The van der Waals surface area contributed by atoms with Crippen LogP contribution < -0.4 is 5.32 Å². The van der Waals surface area contributed by atoms with E-state index in [0.717, 1.165) is 6.42 Å². The van der Waals surface area contributed by atoms with Crippen molar-refractivity contribution >= 4 is 17.8 Å². The van der Waals surface area contributed by atoms with E-state index in [1.807, 2.05) is 6.92 Å². The fourth-order valence-electron chi connectivity index (χ4n) is 1.94. The molecule has 6 heteroatoms. The van der Waals surface area contributed by atoms with Gasteiger partial charge in [0.15, 0.2) is 0 Å². The van der Waals surface area contributed by atoms with Crippen molar-refractivity contribution in [2.24, 2.45) is 5.92 Å². The highest BCUT2D eigenvalue weighted by Crippen LogP contribution is 2.13. The van der Waals surface area contributed by atoms with Gasteiger partial charge in [0.1, 0.15) is 6.54 Å². The van der Waals surface area contributed by atoms with E-state index in [9.17, 15) is 14.4 Å². The molecular formula is C12H20N2O4. The summed E-state index contributed by atoms with van der Waals surface area (Å²) < 4.78 is 4.84. The summed E-state index contributed by atoms with van der Waals surface area (Å²) in [5.74, 6) is -1.01. The molecule has 0 saturated carbocycles. The molecule has 1 fully saturated rings. The van der Waals surface area contributed by atoms with Crippen LogP contribution in [0.25, 0.3) is 0 Å². The molecule has 1 rings (SSSR count). The number of hydrogen-bond acceptors (Lipinski definition) is 4. The average Bonchev–Trinajstić information content (AvgIpc) is 2.75. The maximum Gasteiger partial charge on any atom is 0.325 e. The maximum absolute atomic E-state index is 12.1. The van der Waals surface area contributed by atoms with Gasteiger partial charge in [-0.2, -0.15) is 0 Å². The van der Waals surface area contributed by atoms with Gasteiger partial charge in [0, 0.05) is 19.5 Å². The van der Waals surface area contributed by atoms with Crippen LogP contribution >= 0.6 is 0 Å². The average molecular weight is 256 g/mol. The summed E-state index contributed by atoms with van der Waals surface area (Å²) in [5, 5.41) is 2.62. The second kappa shape index (κ2) is 6.98. The van der Waals surface area contributed by atoms with E-state index < -0.39 is 5.97 Å². The Kier molecular flexibility index (Phi) is 5.61. The lowest BCUT2D eigenvalue weighted by molar-refractivity contribution is -0.150. The predicted octanol–water partition coefficient (Wildman–Crippen LogP) is -0.0758. The quantitative estimate of drug-likeness (QED) is 0.675. The summed E-state index contributed by atoms with van der Waals surface area (Å²) in [7, 11) is 0. The molecule has 1 aliphatic rings. The van der Waals surface area contributed by atoms with E-state index >= 15 is 0 Å². The van der Waals surface area contributed by atoms with Gasteiger partial charge in [0.2, 0.25) is 11.8 Å². The molecule has 18 heavy (non-hydrogen) atoms. The van der Waals surface area contributed by atoms with Gasteiger partial charge < -0.3 is 15.0 Å². The first-order chi connectivity index (χ1) is 8.58. The Labute approximate surface area is 107 Å². The summed E-state index contributed by atoms with van der Waals surface area (Å²) in [6, 6.07) is 0. The highest BCUT2D eigenvalue weighted by atomic mass is 16.5. The van der Waals surface area contributed by atoms with Crippen LogP contribution in [0.5, 0.6) is 0 Å². The number of nitrogens with zero attached hydrogens (tertiary/aromatic N) is 1. The van der Waals surface area contributed by atoms with E-state index in [1.54, 1.807) is 6.92 Å². The second-order valence-electron chi connectivity index (χ2n) is 4.27. The minimum atomic E-state index is -0.406. The number of ether oxygens (including phenoxy) is 1. The third kappa shape index (κ3) is 4.01. The largest absolute Gasteiger partial charge is 0.465 e. The molecule has 0 aromatic rings. The number of esters is 1. The number of carbonyl (C=O) groups is 3. The molecule has 1 N–H and O–H groups in total. The van der Waals surface area contributed by atoms with E-state index in [0.29, 0.717) is 19.7 Å². The Bertz CT molecular complexity index is 330. The van der Waals surface area contributed by atoms with Crippen LogP contribution in [0.15, 0.2) is 0 Å². The standard InChI is InChI=1S/C12H20N2O4/c1-3-5-14(8-11(16)18-4-2)12(17)9-6-10(15)13-7-9/h9H,3-8H2,1-2H3,(H,13,15). The molecule has 0 bridgehead atoms. The van der Waals surface area contributed by atoms with Crippen LogP contribution in [-0.2, 0) is 19.1 Å². The molecule has 1 saturated heterocycles. The first-order valence-corrected chi connectivity index (χ1v) is 6.29. The Morgan fingerprint density at radius 3 is 2.67 bits per heavy atom. The van der Waals surface area contributed by atoms with Crippen molar-refractivity contribution in [2.75, 3.05) is 26.2 Å². The first-order valence-electron chi connectivity index (χ1n) is 6.29. The van der Waals surface area contributed by atoms with E-state index in [4.69, 9.17) is 4.74 Å². The van der Waals surface area contributed by atoms with Crippen LogP contribution in [0, 0.1) is 5.92 Å². The summed E-state index contributed by atoms with van der Waals surface area (Å²) in [6.45, 7) is 4.79. The van der Waals surface area contributed by atoms with Gasteiger partial charge in [-0.05, 0) is 13.3 Å². The number of rotatable bonds is 6. The number of amides is 2. The fourth-order valence-corrected chi connectivity index (χ4v) is 1.94. The minimum absolute atomic E-state index is 0.0365. The molecule has 0 aliphatic carbocycles. The summed E-state index contributed by atoms with van der Waals surface area (Å²) in [6.07, 6.45) is 0.973. The topological polar surface area (TPSA) is 75.7 Å². The number of hydrogen-bond donors (Lipinski definition) is 1. The van der Waals surface area contributed by atoms with Crippen molar-refractivity contribution in [1.82, 2.24) is 10.2 Å². The van der Waals surface area contributed by atoms with Gasteiger partial charge in [-0.1, -0.05) is 6.92 Å². The molecule has 1 atom stereocenters. The molecule has 102 valence electrons. The minimum Gasteiger partial charge on any atom is -0.465 e. The number of nitrogens with one attached hydrogen (secondary N) is 1. The lowest BCUT2D eigenvalue weighted by Gasteiger charge is -2.23. The SMILES string of the molecule is CCCN(CC(=O)OCC)C(=O)C1CNC(=O)C1. The van der Waals surface area contributed by atoms with Gasteiger partial charge in [-0.15, -0.1) is 0 Å². The molecule has 0 radical (unpaired) electrons. The molecule has 2 amide bonds. The zero-order valence-electron chi connectivity index (χ0n) is 10.9. The first kappa shape index (κ1) is 14.5. The van der Waals surface area contributed by atoms with Crippen LogP contribution in [-0.4, -0.2) is 48.9 Å². The Morgan fingerprint density at radius 2 is 2.17 bits per heavy atom. The van der Waals surface area contributed by atoms with Crippen molar-refractivity contribution in [1.29, 1.82) is 0 Å². The lowest BCUT2D eigenvalue weighted by Crippen LogP contribution is -2.41. The molecule has 0 spiro atoms. The maximum atomic E-state index is 12.1. The third-order valence-corrected chi connectivity index (χ3v) is 2.76. The van der Waals surface area contributed by atoms with Gasteiger partial charge in [0.25, 0.3) is 0 Å². The predicted molar refractivity (Wildman–Crippen MR) is 64.6 cm³/mol. The Balaban J connectivity index is 2.57. The Hall–Kier alpha value is -1.59. The fraction of sp³-hybridized carbons (Fsp3) is 0.750. The van der Waals surface area contributed by atoms with Crippen molar-refractivity contribution in [3.63, 3.8) is 0 Å². The summed E-state index contributed by atoms with van der Waals surface area (Å²) >= 11 is 0. The highest BCUT2D eigenvalue weighted by molar-refractivity contribution is 5.90. The Morgan fingerprint density at radius 1 is 1.44 bits per heavy atom. The van der Waals surface area contributed by atoms with Gasteiger partial charge in [0.05, 0.1) is 12.5 Å². The monoisotopic (exact) mass is 256 g/mol. The van der Waals surface area contributed by atoms with Crippen molar-refractivity contribution in [3.05, 3.63) is 0 Å². The summed E-state index contributed by atoms with van der Waals surface area (Å²) in [5.41, 5.74) is 0. The van der Waals surface area contributed by atoms with E-state index in [-0.39, 0.29) is 30.7 Å². The molecule has 1 unspecified atom stereocenters. The zero-order chi connectivity index (χ0) is 13.5. The van der Waals surface area contributed by atoms with Crippen LogP contribution in [0.4, 0.5) is 0 Å². The number of carbonyl (C=O) groups excluding carboxylic acids is 3. The normalized spacial score (nSPS) is 18.3. The molecule has 1 aliphatic heterocycles. The van der Waals surface area contributed by atoms with Crippen molar-refractivity contribution < 1.29 is 19.1 Å². The van der Waals surface area contributed by atoms with Gasteiger partial charge >= 0.3 is 5.97 Å². The highest BCUT2D eigenvalue weighted by Gasteiger charge is 2.31. The van der Waals surface area contributed by atoms with Crippen molar-refractivity contribution in [3.8, 4) is 0 Å². The zero-order valence-corrected chi connectivity index (χ0v) is 10.9. The molecular weight excluding hydrogens is 236 g/mol. The smallest absolute Gasteiger partial charge is 0.325 e. The van der Waals surface area contributed by atoms with Gasteiger partial charge in [-0.25, -0.2) is 0 Å². The molecule has 6 nitrogen and oxygen atoms in total. The molecule has 0 aromatic carbocycles. The van der Waals surface area contributed by atoms with E-state index in [1.165, 1.54) is 4.90 Å². The molecule has 0 aromatic heterocycles. The summed E-state index contributed by atoms with van der Waals surface area (Å²) in [4.78, 5) is 36.1. The van der Waals surface area contributed by atoms with Crippen LogP contribution in [0.1, 0.15) is 26.7 Å². The third-order valence-electron chi connectivity index (χ3n) is 2.76.